The van der Waals surface area contributed by atoms with Gasteiger partial charge in [0.15, 0.2) is 5.78 Å². The number of rotatable bonds is 7. The lowest BCUT2D eigenvalue weighted by Crippen LogP contribution is -2.22. The van der Waals surface area contributed by atoms with Gasteiger partial charge in [0.25, 0.3) is 0 Å². The van der Waals surface area contributed by atoms with Gasteiger partial charge in [-0.2, -0.15) is 0 Å². The number of hydrogen-bond acceptors (Lipinski definition) is 3. The van der Waals surface area contributed by atoms with Crippen LogP contribution in [0.15, 0.2) is 18.2 Å². The van der Waals surface area contributed by atoms with Crippen LogP contribution in [0.5, 0.6) is 0 Å². The van der Waals surface area contributed by atoms with Crippen LogP contribution in [0.4, 0.5) is 5.69 Å². The van der Waals surface area contributed by atoms with Crippen molar-refractivity contribution in [1.29, 1.82) is 0 Å². The summed E-state index contributed by atoms with van der Waals surface area (Å²) in [5.41, 5.74) is 3.08. The molecule has 0 atom stereocenters. The van der Waals surface area contributed by atoms with Crippen LogP contribution in [0, 0.1) is 5.92 Å². The van der Waals surface area contributed by atoms with Gasteiger partial charge in [0.2, 0.25) is 0 Å². The monoisotopic (exact) mass is 289 g/mol. The third-order valence-electron chi connectivity index (χ3n) is 3.94. The van der Waals surface area contributed by atoms with Crippen LogP contribution in [0.1, 0.15) is 49.0 Å². The summed E-state index contributed by atoms with van der Waals surface area (Å²) in [7, 11) is 0. The highest BCUT2D eigenvalue weighted by Crippen LogP contribution is 2.29. The highest BCUT2D eigenvalue weighted by molar-refractivity contribution is 5.98. The molecule has 0 saturated carbocycles. The Hall–Kier alpha value is -1.84. The van der Waals surface area contributed by atoms with Gasteiger partial charge in [0.05, 0.1) is 6.42 Å². The molecule has 0 saturated heterocycles. The number of anilines is 1. The molecule has 4 nitrogen and oxygen atoms in total. The van der Waals surface area contributed by atoms with E-state index in [1.165, 1.54) is 17.7 Å². The molecule has 1 heterocycles. The SMILES string of the molecule is CC(C)CCN1CCc2cc(C(=O)CCC(=O)O)ccc21. The molecule has 1 aromatic rings. The Morgan fingerprint density at radius 1 is 1.29 bits per heavy atom. The zero-order chi connectivity index (χ0) is 15.4. The molecule has 0 fully saturated rings. The van der Waals surface area contributed by atoms with Crippen LogP contribution < -0.4 is 4.90 Å². The molecular formula is C17H23NO3. The maximum Gasteiger partial charge on any atom is 0.303 e. The molecule has 1 aromatic carbocycles. The molecule has 2 rings (SSSR count). The number of carboxylic acid groups (broad SMARTS) is 1. The minimum atomic E-state index is -0.927. The van der Waals surface area contributed by atoms with E-state index in [2.05, 4.69) is 18.7 Å². The lowest BCUT2D eigenvalue weighted by Gasteiger charge is -2.20. The number of Topliss-reactive ketones (excluding diaryl/α,β-unsaturated/α-hetero) is 1. The Labute approximate surface area is 125 Å². The zero-order valence-corrected chi connectivity index (χ0v) is 12.8. The van der Waals surface area contributed by atoms with Crippen molar-refractivity contribution in [2.24, 2.45) is 5.92 Å². The number of ketones is 1. The van der Waals surface area contributed by atoms with Crippen LogP contribution in [-0.4, -0.2) is 29.9 Å². The predicted molar refractivity (Wildman–Crippen MR) is 83.0 cm³/mol. The second kappa shape index (κ2) is 6.74. The van der Waals surface area contributed by atoms with E-state index in [0.29, 0.717) is 11.5 Å². The summed E-state index contributed by atoms with van der Waals surface area (Å²) in [6.45, 7) is 6.51. The third-order valence-corrected chi connectivity index (χ3v) is 3.94. The predicted octanol–water partition coefficient (Wildman–Crippen LogP) is 3.14. The van der Waals surface area contributed by atoms with E-state index < -0.39 is 5.97 Å². The Morgan fingerprint density at radius 2 is 2.05 bits per heavy atom. The molecule has 0 aliphatic carbocycles. The molecule has 21 heavy (non-hydrogen) atoms. The highest BCUT2D eigenvalue weighted by atomic mass is 16.4. The Morgan fingerprint density at radius 3 is 2.71 bits per heavy atom. The summed E-state index contributed by atoms with van der Waals surface area (Å²) in [6, 6.07) is 5.78. The first-order valence-electron chi connectivity index (χ1n) is 7.60. The number of hydrogen-bond donors (Lipinski definition) is 1. The van der Waals surface area contributed by atoms with Gasteiger partial charge in [-0.15, -0.1) is 0 Å². The summed E-state index contributed by atoms with van der Waals surface area (Å²) >= 11 is 0. The number of carbonyl (C=O) groups excluding carboxylic acids is 1. The zero-order valence-electron chi connectivity index (χ0n) is 12.8. The first-order valence-corrected chi connectivity index (χ1v) is 7.60. The first kappa shape index (κ1) is 15.5. The van der Waals surface area contributed by atoms with Crippen molar-refractivity contribution in [3.05, 3.63) is 29.3 Å². The third kappa shape index (κ3) is 4.06. The average molecular weight is 289 g/mol. The molecule has 1 aliphatic rings. The van der Waals surface area contributed by atoms with Gasteiger partial charge in [0, 0.05) is 30.8 Å². The Kier molecular flexibility index (Phi) is 4.99. The van der Waals surface area contributed by atoms with Gasteiger partial charge in [-0.25, -0.2) is 0 Å². The van der Waals surface area contributed by atoms with Crippen LogP contribution in [0.2, 0.25) is 0 Å². The molecule has 0 amide bonds. The van der Waals surface area contributed by atoms with Crippen molar-refractivity contribution in [2.45, 2.75) is 39.5 Å². The number of aliphatic carboxylic acids is 1. The first-order chi connectivity index (χ1) is 9.97. The fraction of sp³-hybridized carbons (Fsp3) is 0.529. The van der Waals surface area contributed by atoms with Crippen molar-refractivity contribution >= 4 is 17.4 Å². The van der Waals surface area contributed by atoms with Gasteiger partial charge in [-0.1, -0.05) is 13.8 Å². The summed E-state index contributed by atoms with van der Waals surface area (Å²) in [6.07, 6.45) is 2.10. The van der Waals surface area contributed by atoms with Crippen LogP contribution in [-0.2, 0) is 11.2 Å². The standard InChI is InChI=1S/C17H23NO3/c1-12(2)7-9-18-10-8-13-11-14(3-4-15(13)18)16(19)5-6-17(20)21/h3-4,11-12H,5-10H2,1-2H3,(H,20,21). The normalized spacial score (nSPS) is 13.6. The lowest BCUT2D eigenvalue weighted by atomic mass is 10.0. The molecule has 1 N–H and O–H groups in total. The summed E-state index contributed by atoms with van der Waals surface area (Å²) in [4.78, 5) is 24.9. The minimum absolute atomic E-state index is 0.0746. The second-order valence-electron chi connectivity index (χ2n) is 6.08. The number of carboxylic acids is 1. The fourth-order valence-electron chi connectivity index (χ4n) is 2.65. The van der Waals surface area contributed by atoms with Crippen molar-refractivity contribution < 1.29 is 14.7 Å². The summed E-state index contributed by atoms with van der Waals surface area (Å²) in [5, 5.41) is 8.64. The number of nitrogens with zero attached hydrogens (tertiary/aromatic N) is 1. The summed E-state index contributed by atoms with van der Waals surface area (Å²) in [5.74, 6) is -0.323. The molecule has 4 heteroatoms. The quantitative estimate of drug-likeness (QED) is 0.783. The van der Waals surface area contributed by atoms with E-state index in [-0.39, 0.29) is 18.6 Å². The maximum atomic E-state index is 12.0. The maximum absolute atomic E-state index is 12.0. The van der Waals surface area contributed by atoms with Gasteiger partial charge >= 0.3 is 5.97 Å². The molecule has 114 valence electrons. The summed E-state index contributed by atoms with van der Waals surface area (Å²) < 4.78 is 0. The van der Waals surface area contributed by atoms with Crippen molar-refractivity contribution in [3.8, 4) is 0 Å². The van der Waals surface area contributed by atoms with Crippen molar-refractivity contribution in [3.63, 3.8) is 0 Å². The van der Waals surface area contributed by atoms with Gasteiger partial charge in [0.1, 0.15) is 0 Å². The van der Waals surface area contributed by atoms with Crippen LogP contribution in [0.25, 0.3) is 0 Å². The Bertz CT molecular complexity index is 537. The molecule has 0 radical (unpaired) electrons. The highest BCUT2D eigenvalue weighted by Gasteiger charge is 2.20. The lowest BCUT2D eigenvalue weighted by molar-refractivity contribution is -0.136. The van der Waals surface area contributed by atoms with E-state index in [0.717, 1.165) is 19.5 Å². The molecule has 0 aromatic heterocycles. The van der Waals surface area contributed by atoms with E-state index >= 15 is 0 Å². The topological polar surface area (TPSA) is 57.6 Å². The fourth-order valence-corrected chi connectivity index (χ4v) is 2.65. The number of fused-ring (bicyclic) bond motifs is 1. The average Bonchev–Trinajstić information content (AvgIpc) is 2.84. The molecular weight excluding hydrogens is 266 g/mol. The molecule has 1 aliphatic heterocycles. The van der Waals surface area contributed by atoms with Gasteiger partial charge < -0.3 is 10.0 Å². The Balaban J connectivity index is 2.04. The second-order valence-corrected chi connectivity index (χ2v) is 6.08. The van der Waals surface area contributed by atoms with E-state index in [4.69, 9.17) is 5.11 Å². The van der Waals surface area contributed by atoms with Crippen LogP contribution in [0.3, 0.4) is 0 Å². The van der Waals surface area contributed by atoms with Gasteiger partial charge in [-0.3, -0.25) is 9.59 Å². The smallest absolute Gasteiger partial charge is 0.303 e. The van der Waals surface area contributed by atoms with Crippen molar-refractivity contribution in [2.75, 3.05) is 18.0 Å². The number of carbonyl (C=O) groups is 2. The van der Waals surface area contributed by atoms with E-state index in [9.17, 15) is 9.59 Å². The van der Waals surface area contributed by atoms with E-state index in [1.54, 1.807) is 0 Å². The van der Waals surface area contributed by atoms with Crippen molar-refractivity contribution in [1.82, 2.24) is 0 Å². The van der Waals surface area contributed by atoms with Crippen LogP contribution >= 0.6 is 0 Å². The van der Waals surface area contributed by atoms with Gasteiger partial charge in [-0.05, 0) is 42.5 Å². The molecule has 0 unspecified atom stereocenters. The molecule has 0 spiro atoms. The van der Waals surface area contributed by atoms with E-state index in [1.807, 2.05) is 18.2 Å². The molecule has 0 bridgehead atoms. The largest absolute Gasteiger partial charge is 0.481 e. The minimum Gasteiger partial charge on any atom is -0.481 e. The number of benzene rings is 1.